The molecule has 1 aromatic carbocycles. The van der Waals surface area contributed by atoms with Gasteiger partial charge in [-0.25, -0.2) is 16.8 Å². The average Bonchev–Trinajstić information content (AvgIpc) is 2.28. The monoisotopic (exact) mass is 354 g/mol. The van der Waals surface area contributed by atoms with Crippen LogP contribution >= 0.6 is 10.7 Å². The third-order valence-electron chi connectivity index (χ3n) is 2.97. The lowest BCUT2D eigenvalue weighted by atomic mass is 10.2. The van der Waals surface area contributed by atoms with Gasteiger partial charge < -0.3 is 4.74 Å². The zero-order valence-corrected chi connectivity index (χ0v) is 14.8. The zero-order valence-electron chi connectivity index (χ0n) is 12.4. The van der Waals surface area contributed by atoms with E-state index in [4.69, 9.17) is 15.4 Å². The Hall–Kier alpha value is -0.790. The maximum atomic E-state index is 11.9. The zero-order chi connectivity index (χ0) is 16.5. The Morgan fingerprint density at radius 2 is 1.71 bits per heavy atom. The molecule has 0 saturated heterocycles. The van der Waals surface area contributed by atoms with E-state index in [2.05, 4.69) is 0 Å². The predicted octanol–water partition coefficient (Wildman–Crippen LogP) is 2.51. The first-order valence-corrected chi connectivity index (χ1v) is 10.2. The molecule has 0 N–H and O–H groups in total. The highest BCUT2D eigenvalue weighted by Crippen LogP contribution is 2.24. The van der Waals surface area contributed by atoms with E-state index >= 15 is 0 Å². The minimum atomic E-state index is -3.78. The minimum absolute atomic E-state index is 0.00736. The summed E-state index contributed by atoms with van der Waals surface area (Å²) in [6.45, 7) is 6.57. The van der Waals surface area contributed by atoms with Crippen LogP contribution in [0.1, 0.15) is 26.3 Å². The average molecular weight is 355 g/mol. The van der Waals surface area contributed by atoms with E-state index in [9.17, 15) is 16.8 Å². The molecular formula is C13H19ClO5S2. The maximum absolute atomic E-state index is 11.9. The Balaban J connectivity index is 2.79. The van der Waals surface area contributed by atoms with Gasteiger partial charge in [0, 0.05) is 10.7 Å². The first kappa shape index (κ1) is 18.3. The predicted molar refractivity (Wildman–Crippen MR) is 83.3 cm³/mol. The number of rotatable bonds is 5. The lowest BCUT2D eigenvalue weighted by Gasteiger charge is -2.19. The van der Waals surface area contributed by atoms with E-state index < -0.39 is 23.6 Å². The molecule has 0 aliphatic heterocycles. The number of hydrogen-bond acceptors (Lipinski definition) is 5. The highest BCUT2D eigenvalue weighted by Gasteiger charge is 2.28. The van der Waals surface area contributed by atoms with Gasteiger partial charge >= 0.3 is 0 Å². The van der Waals surface area contributed by atoms with Crippen LogP contribution in [0.4, 0.5) is 0 Å². The van der Waals surface area contributed by atoms with Gasteiger partial charge in [-0.05, 0) is 51.5 Å². The molecule has 21 heavy (non-hydrogen) atoms. The van der Waals surface area contributed by atoms with Crippen LogP contribution in [-0.4, -0.2) is 33.9 Å². The van der Waals surface area contributed by atoms with Crippen LogP contribution < -0.4 is 4.74 Å². The SMILES string of the molecule is Cc1cc(S(=O)(=O)Cl)ccc1OCCS(=O)(=O)C(C)(C)C. The molecule has 0 unspecified atom stereocenters. The summed E-state index contributed by atoms with van der Waals surface area (Å²) in [7, 11) is -1.79. The molecule has 0 radical (unpaired) electrons. The van der Waals surface area contributed by atoms with Gasteiger partial charge in [-0.2, -0.15) is 0 Å². The van der Waals surface area contributed by atoms with Crippen LogP contribution in [0.3, 0.4) is 0 Å². The molecule has 0 bridgehead atoms. The number of benzene rings is 1. The fraction of sp³-hybridized carbons (Fsp3) is 0.538. The largest absolute Gasteiger partial charge is 0.492 e. The molecule has 0 heterocycles. The van der Waals surface area contributed by atoms with Gasteiger partial charge in [0.15, 0.2) is 9.84 Å². The van der Waals surface area contributed by atoms with E-state index in [1.807, 2.05) is 0 Å². The Morgan fingerprint density at radius 3 is 2.14 bits per heavy atom. The molecule has 0 saturated carbocycles. The van der Waals surface area contributed by atoms with Crippen molar-refractivity contribution in [3.63, 3.8) is 0 Å². The molecule has 1 aromatic rings. The quantitative estimate of drug-likeness (QED) is 0.759. The van der Waals surface area contributed by atoms with Crippen LogP contribution in [0.2, 0.25) is 0 Å². The van der Waals surface area contributed by atoms with Crippen molar-refractivity contribution in [2.75, 3.05) is 12.4 Å². The van der Waals surface area contributed by atoms with Gasteiger partial charge in [-0.1, -0.05) is 0 Å². The number of sulfone groups is 1. The molecule has 0 aromatic heterocycles. The molecule has 5 nitrogen and oxygen atoms in total. The van der Waals surface area contributed by atoms with E-state index in [0.29, 0.717) is 11.3 Å². The second-order valence-electron chi connectivity index (χ2n) is 5.64. The highest BCUT2D eigenvalue weighted by molar-refractivity contribution is 8.13. The van der Waals surface area contributed by atoms with Crippen LogP contribution in [0.25, 0.3) is 0 Å². The smallest absolute Gasteiger partial charge is 0.261 e. The van der Waals surface area contributed by atoms with Crippen LogP contribution in [0.15, 0.2) is 23.1 Å². The Kier molecular flexibility index (Phi) is 5.34. The Bertz CT molecular complexity index is 715. The van der Waals surface area contributed by atoms with Crippen molar-refractivity contribution in [3.8, 4) is 5.75 Å². The summed E-state index contributed by atoms with van der Waals surface area (Å²) in [5.74, 6) is 0.328. The van der Waals surface area contributed by atoms with Crippen molar-refractivity contribution in [2.24, 2.45) is 0 Å². The van der Waals surface area contributed by atoms with Gasteiger partial charge in [0.1, 0.15) is 12.4 Å². The van der Waals surface area contributed by atoms with Crippen molar-refractivity contribution in [1.82, 2.24) is 0 Å². The molecule has 0 amide bonds. The van der Waals surface area contributed by atoms with Crippen molar-refractivity contribution in [2.45, 2.75) is 37.3 Å². The van der Waals surface area contributed by atoms with Crippen LogP contribution in [-0.2, 0) is 18.9 Å². The molecule has 8 heteroatoms. The second-order valence-corrected chi connectivity index (χ2v) is 11.1. The maximum Gasteiger partial charge on any atom is 0.261 e. The summed E-state index contributed by atoms with van der Waals surface area (Å²) >= 11 is 0. The summed E-state index contributed by atoms with van der Waals surface area (Å²) < 4.78 is 50.9. The third kappa shape index (κ3) is 4.86. The normalized spacial score (nSPS) is 13.2. The standard InChI is InChI=1S/C13H19ClO5S2/c1-10-9-11(21(14,17)18)5-6-12(10)19-7-8-20(15,16)13(2,3)4/h5-6,9H,7-8H2,1-4H3. The van der Waals surface area contributed by atoms with E-state index in [0.717, 1.165) is 0 Å². The van der Waals surface area contributed by atoms with Gasteiger partial charge in [-0.15, -0.1) is 0 Å². The van der Waals surface area contributed by atoms with Crippen molar-refractivity contribution in [3.05, 3.63) is 23.8 Å². The number of aryl methyl sites for hydroxylation is 1. The van der Waals surface area contributed by atoms with E-state index in [1.165, 1.54) is 18.2 Å². The van der Waals surface area contributed by atoms with Gasteiger partial charge in [0.2, 0.25) is 0 Å². The first-order chi connectivity index (χ1) is 9.34. The van der Waals surface area contributed by atoms with Gasteiger partial charge in [-0.3, -0.25) is 0 Å². The molecule has 1 rings (SSSR count). The van der Waals surface area contributed by atoms with E-state index in [1.54, 1.807) is 27.7 Å². The van der Waals surface area contributed by atoms with Gasteiger partial charge in [0.25, 0.3) is 9.05 Å². The van der Waals surface area contributed by atoms with Crippen LogP contribution in [0.5, 0.6) is 5.75 Å². The minimum Gasteiger partial charge on any atom is -0.492 e. The molecule has 120 valence electrons. The molecule has 0 aliphatic rings. The van der Waals surface area contributed by atoms with Gasteiger partial charge in [0.05, 0.1) is 15.4 Å². The summed E-state index contributed by atoms with van der Waals surface area (Å²) in [6.07, 6.45) is 0. The molecule has 0 fully saturated rings. The second kappa shape index (κ2) is 6.14. The lowest BCUT2D eigenvalue weighted by Crippen LogP contribution is -2.32. The summed E-state index contributed by atoms with van der Waals surface area (Å²) in [5, 5.41) is 0. The molecule has 0 aliphatic carbocycles. The number of hydrogen-bond donors (Lipinski definition) is 0. The topological polar surface area (TPSA) is 77.5 Å². The Morgan fingerprint density at radius 1 is 1.14 bits per heavy atom. The van der Waals surface area contributed by atoms with Crippen molar-refractivity contribution in [1.29, 1.82) is 0 Å². The van der Waals surface area contributed by atoms with Crippen molar-refractivity contribution >= 4 is 29.6 Å². The lowest BCUT2D eigenvalue weighted by molar-refractivity contribution is 0.337. The summed E-state index contributed by atoms with van der Waals surface area (Å²) in [6, 6.07) is 4.17. The number of halogens is 1. The highest BCUT2D eigenvalue weighted by atomic mass is 35.7. The number of ether oxygens (including phenoxy) is 1. The molecule has 0 atom stereocenters. The van der Waals surface area contributed by atoms with E-state index in [-0.39, 0.29) is 17.3 Å². The van der Waals surface area contributed by atoms with Crippen molar-refractivity contribution < 1.29 is 21.6 Å². The molecule has 0 spiro atoms. The third-order valence-corrected chi connectivity index (χ3v) is 6.89. The fourth-order valence-electron chi connectivity index (χ4n) is 1.50. The first-order valence-electron chi connectivity index (χ1n) is 6.25. The van der Waals surface area contributed by atoms with Crippen LogP contribution in [0, 0.1) is 6.92 Å². The fourth-order valence-corrected chi connectivity index (χ4v) is 3.25. The summed E-state index contributed by atoms with van der Waals surface area (Å²) in [5.41, 5.74) is 0.574. The Labute approximate surface area is 130 Å². The summed E-state index contributed by atoms with van der Waals surface area (Å²) in [4.78, 5) is -0.0173. The molecular weight excluding hydrogens is 336 g/mol.